The lowest BCUT2D eigenvalue weighted by atomic mass is 9.95. The van der Waals surface area contributed by atoms with Gasteiger partial charge in [-0.15, -0.1) is 0 Å². The molecule has 0 aliphatic heterocycles. The first-order chi connectivity index (χ1) is 13.1. The Hall–Kier alpha value is -2.38. The van der Waals surface area contributed by atoms with Crippen LogP contribution < -0.4 is 5.32 Å². The van der Waals surface area contributed by atoms with Crippen LogP contribution in [0.1, 0.15) is 30.0 Å². The minimum Gasteiger partial charge on any atom is -0.481 e. The number of alkyl halides is 3. The van der Waals surface area contributed by atoms with E-state index in [1.54, 1.807) is 12.1 Å². The van der Waals surface area contributed by atoms with Crippen molar-refractivity contribution in [2.75, 3.05) is 6.54 Å². The normalized spacial score (nSPS) is 11.5. The quantitative estimate of drug-likeness (QED) is 0.614. The van der Waals surface area contributed by atoms with E-state index in [1.165, 1.54) is 19.1 Å². The van der Waals surface area contributed by atoms with Crippen LogP contribution in [0, 0.1) is 0 Å². The smallest absolute Gasteiger partial charge is 0.416 e. The molecule has 0 spiro atoms. The summed E-state index contributed by atoms with van der Waals surface area (Å²) in [5.41, 5.74) is 0.977. The van der Waals surface area contributed by atoms with Crippen molar-refractivity contribution in [3.8, 4) is 11.1 Å². The highest BCUT2D eigenvalue weighted by molar-refractivity contribution is 6.33. The predicted molar refractivity (Wildman–Crippen MR) is 100 cm³/mol. The number of carboxylic acids is 1. The molecular weight excluding hydrogens is 395 g/mol. The molecule has 2 rings (SSSR count). The highest BCUT2D eigenvalue weighted by Crippen LogP contribution is 2.36. The maximum absolute atomic E-state index is 13.1. The lowest BCUT2D eigenvalue weighted by Crippen LogP contribution is -2.18. The average molecular weight is 414 g/mol. The standard InChI is InChI=1S/C20H19ClF3NO3/c1-12(26)6-7-25-11-14-10-15(20(22,23)24)3-4-16(14)17-8-13(9-19(27)28)2-5-18(17)21/h2-5,8,10,25H,6-7,9,11H2,1H3,(H,27,28). The summed E-state index contributed by atoms with van der Waals surface area (Å²) in [7, 11) is 0. The molecule has 0 fully saturated rings. The molecular formula is C20H19ClF3NO3. The maximum Gasteiger partial charge on any atom is 0.416 e. The van der Waals surface area contributed by atoms with Gasteiger partial charge in [-0.3, -0.25) is 9.59 Å². The van der Waals surface area contributed by atoms with E-state index in [1.807, 2.05) is 0 Å². The number of rotatable bonds is 8. The molecule has 0 bridgehead atoms. The van der Waals surface area contributed by atoms with E-state index in [-0.39, 0.29) is 25.2 Å². The van der Waals surface area contributed by atoms with Gasteiger partial charge in [0.25, 0.3) is 0 Å². The molecule has 0 aliphatic carbocycles. The van der Waals surface area contributed by atoms with Crippen molar-refractivity contribution in [2.45, 2.75) is 32.5 Å². The Morgan fingerprint density at radius 3 is 2.43 bits per heavy atom. The fourth-order valence-electron chi connectivity index (χ4n) is 2.73. The van der Waals surface area contributed by atoms with Crippen LogP contribution in [-0.2, 0) is 28.7 Å². The van der Waals surface area contributed by atoms with Crippen molar-refractivity contribution in [3.05, 3.63) is 58.1 Å². The average Bonchev–Trinajstić information content (AvgIpc) is 2.59. The minimum atomic E-state index is -4.50. The zero-order chi connectivity index (χ0) is 20.9. The first-order valence-corrected chi connectivity index (χ1v) is 8.86. The van der Waals surface area contributed by atoms with Crippen LogP contribution in [-0.4, -0.2) is 23.4 Å². The van der Waals surface area contributed by atoms with E-state index in [0.717, 1.165) is 12.1 Å². The van der Waals surface area contributed by atoms with Crippen molar-refractivity contribution in [1.82, 2.24) is 5.32 Å². The van der Waals surface area contributed by atoms with Crippen molar-refractivity contribution < 1.29 is 27.9 Å². The molecule has 0 saturated carbocycles. The molecule has 0 saturated heterocycles. The van der Waals surface area contributed by atoms with Crippen LogP contribution in [0.2, 0.25) is 5.02 Å². The van der Waals surface area contributed by atoms with Crippen LogP contribution in [0.5, 0.6) is 0 Å². The minimum absolute atomic E-state index is 0.0267. The molecule has 0 aliphatic rings. The Labute approximate surface area is 165 Å². The van der Waals surface area contributed by atoms with E-state index in [0.29, 0.717) is 33.8 Å². The molecule has 0 heterocycles. The molecule has 0 aromatic heterocycles. The summed E-state index contributed by atoms with van der Waals surface area (Å²) in [5.74, 6) is -1.05. The van der Waals surface area contributed by atoms with Gasteiger partial charge in [0.05, 0.1) is 12.0 Å². The van der Waals surface area contributed by atoms with Gasteiger partial charge in [0.1, 0.15) is 5.78 Å². The molecule has 28 heavy (non-hydrogen) atoms. The van der Waals surface area contributed by atoms with Gasteiger partial charge >= 0.3 is 12.1 Å². The molecule has 8 heteroatoms. The Morgan fingerprint density at radius 1 is 1.11 bits per heavy atom. The van der Waals surface area contributed by atoms with Gasteiger partial charge in [0.2, 0.25) is 0 Å². The Bertz CT molecular complexity index is 881. The second kappa shape index (κ2) is 9.21. The number of nitrogens with one attached hydrogen (secondary N) is 1. The van der Waals surface area contributed by atoms with Gasteiger partial charge in [0.15, 0.2) is 0 Å². The Kier molecular flexibility index (Phi) is 7.21. The number of hydrogen-bond acceptors (Lipinski definition) is 3. The van der Waals surface area contributed by atoms with Crippen LogP contribution >= 0.6 is 11.6 Å². The summed E-state index contributed by atoms with van der Waals surface area (Å²) < 4.78 is 39.4. The number of Topliss-reactive ketones (excluding diaryl/α,β-unsaturated/α-hetero) is 1. The summed E-state index contributed by atoms with van der Waals surface area (Å²) in [6.07, 6.45) is -4.46. The number of carbonyl (C=O) groups excluding carboxylic acids is 1. The van der Waals surface area contributed by atoms with Crippen molar-refractivity contribution in [3.63, 3.8) is 0 Å². The third kappa shape index (κ3) is 6.07. The molecule has 4 nitrogen and oxygen atoms in total. The molecule has 0 atom stereocenters. The third-order valence-corrected chi connectivity index (χ3v) is 4.41. The fourth-order valence-corrected chi connectivity index (χ4v) is 2.95. The lowest BCUT2D eigenvalue weighted by molar-refractivity contribution is -0.138. The molecule has 0 amide bonds. The number of aliphatic carboxylic acids is 1. The lowest BCUT2D eigenvalue weighted by Gasteiger charge is -2.16. The van der Waals surface area contributed by atoms with Gasteiger partial charge in [0, 0.05) is 30.1 Å². The van der Waals surface area contributed by atoms with Gasteiger partial charge < -0.3 is 10.4 Å². The van der Waals surface area contributed by atoms with Gasteiger partial charge in [-0.25, -0.2) is 0 Å². The number of benzene rings is 2. The van der Waals surface area contributed by atoms with Gasteiger partial charge in [-0.1, -0.05) is 23.7 Å². The predicted octanol–water partition coefficient (Wildman–Crippen LogP) is 4.72. The summed E-state index contributed by atoms with van der Waals surface area (Å²) in [4.78, 5) is 22.0. The third-order valence-electron chi connectivity index (χ3n) is 4.08. The number of halogens is 4. The molecule has 2 aromatic rings. The zero-order valence-corrected chi connectivity index (χ0v) is 15.8. The van der Waals surface area contributed by atoms with Crippen LogP contribution in [0.15, 0.2) is 36.4 Å². The largest absolute Gasteiger partial charge is 0.481 e. The number of ketones is 1. The van der Waals surface area contributed by atoms with Crippen molar-refractivity contribution in [1.29, 1.82) is 0 Å². The first kappa shape index (κ1) is 21.9. The zero-order valence-electron chi connectivity index (χ0n) is 15.1. The highest BCUT2D eigenvalue weighted by Gasteiger charge is 2.31. The van der Waals surface area contributed by atoms with Crippen LogP contribution in [0.4, 0.5) is 13.2 Å². The van der Waals surface area contributed by atoms with Gasteiger partial charge in [-0.05, 0) is 47.9 Å². The second-order valence-electron chi connectivity index (χ2n) is 6.38. The van der Waals surface area contributed by atoms with Crippen LogP contribution in [0.25, 0.3) is 11.1 Å². The summed E-state index contributed by atoms with van der Waals surface area (Å²) in [5, 5.41) is 12.2. The van der Waals surface area contributed by atoms with E-state index < -0.39 is 17.7 Å². The van der Waals surface area contributed by atoms with Gasteiger partial charge in [-0.2, -0.15) is 13.2 Å². The summed E-state index contributed by atoms with van der Waals surface area (Å²) in [6, 6.07) is 7.99. The molecule has 2 aromatic carbocycles. The monoisotopic (exact) mass is 413 g/mol. The maximum atomic E-state index is 13.1. The first-order valence-electron chi connectivity index (χ1n) is 8.49. The Balaban J connectivity index is 2.44. The SMILES string of the molecule is CC(=O)CCNCc1cc(C(F)(F)F)ccc1-c1cc(CC(=O)O)ccc1Cl. The van der Waals surface area contributed by atoms with E-state index >= 15 is 0 Å². The van der Waals surface area contributed by atoms with Crippen LogP contribution in [0.3, 0.4) is 0 Å². The number of carboxylic acid groups (broad SMARTS) is 1. The molecule has 0 radical (unpaired) electrons. The number of carbonyl (C=O) groups is 2. The summed E-state index contributed by atoms with van der Waals surface area (Å²) >= 11 is 6.24. The number of hydrogen-bond donors (Lipinski definition) is 2. The van der Waals surface area contributed by atoms with E-state index in [9.17, 15) is 22.8 Å². The van der Waals surface area contributed by atoms with E-state index in [2.05, 4.69) is 5.32 Å². The van der Waals surface area contributed by atoms with Crippen molar-refractivity contribution >= 4 is 23.4 Å². The molecule has 150 valence electrons. The highest BCUT2D eigenvalue weighted by atomic mass is 35.5. The fraction of sp³-hybridized carbons (Fsp3) is 0.300. The molecule has 2 N–H and O–H groups in total. The topological polar surface area (TPSA) is 66.4 Å². The van der Waals surface area contributed by atoms with Crippen molar-refractivity contribution in [2.24, 2.45) is 0 Å². The summed E-state index contributed by atoms with van der Waals surface area (Å²) in [6.45, 7) is 1.87. The second-order valence-corrected chi connectivity index (χ2v) is 6.79. The molecule has 0 unspecified atom stereocenters. The van der Waals surface area contributed by atoms with E-state index in [4.69, 9.17) is 16.7 Å². The Morgan fingerprint density at radius 2 is 1.82 bits per heavy atom.